The van der Waals surface area contributed by atoms with Crippen molar-refractivity contribution in [2.75, 3.05) is 12.3 Å². The second-order valence-electron chi connectivity index (χ2n) is 7.17. The standard InChI is InChI=1S/C17H25N3O/c1-11-12(7-8-21-11)10-20-15-6-5-13(18)9-14(15)19-16(20)17(2,3)4/h5-6,9,11-12H,7-8,10,18H2,1-4H3. The molecule has 1 aromatic carbocycles. The van der Waals surface area contributed by atoms with Crippen molar-refractivity contribution in [1.29, 1.82) is 0 Å². The van der Waals surface area contributed by atoms with E-state index in [2.05, 4.69) is 38.3 Å². The molecule has 2 unspecified atom stereocenters. The largest absolute Gasteiger partial charge is 0.399 e. The first-order valence-corrected chi connectivity index (χ1v) is 7.74. The minimum atomic E-state index is 0.0104. The first-order valence-electron chi connectivity index (χ1n) is 7.74. The fourth-order valence-corrected chi connectivity index (χ4v) is 3.15. The van der Waals surface area contributed by atoms with Crippen LogP contribution in [0.3, 0.4) is 0 Å². The molecule has 2 atom stereocenters. The van der Waals surface area contributed by atoms with Crippen molar-refractivity contribution in [2.24, 2.45) is 5.92 Å². The molecule has 0 aliphatic carbocycles. The Bertz CT molecular complexity index is 654. The van der Waals surface area contributed by atoms with Crippen molar-refractivity contribution < 1.29 is 4.74 Å². The third kappa shape index (κ3) is 2.64. The average Bonchev–Trinajstić information content (AvgIpc) is 2.94. The second-order valence-corrected chi connectivity index (χ2v) is 7.17. The Morgan fingerprint density at radius 1 is 1.38 bits per heavy atom. The first kappa shape index (κ1) is 14.4. The lowest BCUT2D eigenvalue weighted by Gasteiger charge is -2.23. The van der Waals surface area contributed by atoms with Crippen LogP contribution in [0.15, 0.2) is 18.2 Å². The van der Waals surface area contributed by atoms with Gasteiger partial charge in [0, 0.05) is 30.2 Å². The third-order valence-electron chi connectivity index (χ3n) is 4.39. The van der Waals surface area contributed by atoms with Crippen molar-refractivity contribution in [3.05, 3.63) is 24.0 Å². The van der Waals surface area contributed by atoms with Gasteiger partial charge < -0.3 is 15.0 Å². The van der Waals surface area contributed by atoms with Gasteiger partial charge in [0.05, 0.1) is 17.1 Å². The maximum atomic E-state index is 5.91. The van der Waals surface area contributed by atoms with Gasteiger partial charge in [-0.2, -0.15) is 0 Å². The van der Waals surface area contributed by atoms with Crippen molar-refractivity contribution in [1.82, 2.24) is 9.55 Å². The second kappa shape index (κ2) is 5.02. The fraction of sp³-hybridized carbons (Fsp3) is 0.588. The number of aromatic nitrogens is 2. The molecule has 1 aliphatic rings. The molecule has 2 N–H and O–H groups in total. The van der Waals surface area contributed by atoms with Gasteiger partial charge in [0.2, 0.25) is 0 Å². The van der Waals surface area contributed by atoms with Gasteiger partial charge in [-0.1, -0.05) is 20.8 Å². The highest BCUT2D eigenvalue weighted by atomic mass is 16.5. The van der Waals surface area contributed by atoms with E-state index in [4.69, 9.17) is 15.5 Å². The summed E-state index contributed by atoms with van der Waals surface area (Å²) < 4.78 is 8.08. The van der Waals surface area contributed by atoms with Gasteiger partial charge in [0.15, 0.2) is 0 Å². The quantitative estimate of drug-likeness (QED) is 0.862. The number of rotatable bonds is 2. The number of hydrogen-bond acceptors (Lipinski definition) is 3. The Morgan fingerprint density at radius 3 is 2.76 bits per heavy atom. The number of imidazole rings is 1. The normalized spacial score (nSPS) is 23.0. The number of nitrogen functional groups attached to an aromatic ring is 1. The summed E-state index contributed by atoms with van der Waals surface area (Å²) in [6.07, 6.45) is 1.45. The van der Waals surface area contributed by atoms with E-state index in [1.54, 1.807) is 0 Å². The van der Waals surface area contributed by atoms with Crippen LogP contribution < -0.4 is 5.73 Å². The smallest absolute Gasteiger partial charge is 0.115 e. The van der Waals surface area contributed by atoms with Crippen molar-refractivity contribution >= 4 is 16.7 Å². The Labute approximate surface area is 126 Å². The summed E-state index contributed by atoms with van der Waals surface area (Å²) in [5.41, 5.74) is 8.85. The molecule has 1 fully saturated rings. The lowest BCUT2D eigenvalue weighted by Crippen LogP contribution is -2.24. The topological polar surface area (TPSA) is 53.1 Å². The molecule has 1 aliphatic heterocycles. The van der Waals surface area contributed by atoms with Crippen LogP contribution in [0.25, 0.3) is 11.0 Å². The van der Waals surface area contributed by atoms with Gasteiger partial charge in [-0.3, -0.25) is 0 Å². The van der Waals surface area contributed by atoms with E-state index in [9.17, 15) is 0 Å². The molecule has 3 rings (SSSR count). The molecular formula is C17H25N3O. The number of nitrogens with two attached hydrogens (primary N) is 1. The Kier molecular flexibility index (Phi) is 3.44. The molecule has 0 spiro atoms. The van der Waals surface area contributed by atoms with Crippen molar-refractivity contribution in [3.8, 4) is 0 Å². The van der Waals surface area contributed by atoms with E-state index >= 15 is 0 Å². The highest BCUT2D eigenvalue weighted by Crippen LogP contribution is 2.31. The molecule has 0 amide bonds. The number of nitrogens with zero attached hydrogens (tertiary/aromatic N) is 2. The Hall–Kier alpha value is -1.55. The molecule has 21 heavy (non-hydrogen) atoms. The van der Waals surface area contributed by atoms with Crippen LogP contribution >= 0.6 is 0 Å². The summed E-state index contributed by atoms with van der Waals surface area (Å²) in [5, 5.41) is 0. The van der Waals surface area contributed by atoms with Gasteiger partial charge in [-0.15, -0.1) is 0 Å². The SMILES string of the molecule is CC1OCCC1Cn1c(C(C)(C)C)nc2cc(N)ccc21. The molecule has 2 heterocycles. The predicted octanol–water partition coefficient (Wildman–Crippen LogP) is 3.34. The van der Waals surface area contributed by atoms with E-state index in [0.717, 1.165) is 36.6 Å². The molecule has 4 heteroatoms. The summed E-state index contributed by atoms with van der Waals surface area (Å²) in [7, 11) is 0. The Morgan fingerprint density at radius 2 is 2.14 bits per heavy atom. The summed E-state index contributed by atoms with van der Waals surface area (Å²) in [5.74, 6) is 1.68. The summed E-state index contributed by atoms with van der Waals surface area (Å²) in [6, 6.07) is 6.02. The number of benzene rings is 1. The molecular weight excluding hydrogens is 262 g/mol. The van der Waals surface area contributed by atoms with E-state index in [-0.39, 0.29) is 5.41 Å². The molecule has 0 radical (unpaired) electrons. The van der Waals surface area contributed by atoms with Crippen LogP contribution in [-0.4, -0.2) is 22.3 Å². The number of ether oxygens (including phenoxy) is 1. The minimum absolute atomic E-state index is 0.0104. The highest BCUT2D eigenvalue weighted by molar-refractivity contribution is 5.80. The van der Waals surface area contributed by atoms with E-state index in [0.29, 0.717) is 12.0 Å². The zero-order valence-corrected chi connectivity index (χ0v) is 13.4. The Balaban J connectivity index is 2.09. The van der Waals surface area contributed by atoms with Crippen molar-refractivity contribution in [2.45, 2.75) is 52.2 Å². The molecule has 2 aromatic rings. The maximum absolute atomic E-state index is 5.91. The average molecular weight is 287 g/mol. The maximum Gasteiger partial charge on any atom is 0.115 e. The van der Waals surface area contributed by atoms with Crippen LogP contribution in [0, 0.1) is 5.92 Å². The van der Waals surface area contributed by atoms with Gasteiger partial charge >= 0.3 is 0 Å². The summed E-state index contributed by atoms with van der Waals surface area (Å²) in [4.78, 5) is 4.85. The fourth-order valence-electron chi connectivity index (χ4n) is 3.15. The highest BCUT2D eigenvalue weighted by Gasteiger charge is 2.29. The summed E-state index contributed by atoms with van der Waals surface area (Å²) >= 11 is 0. The van der Waals surface area contributed by atoms with Crippen LogP contribution in [0.4, 0.5) is 5.69 Å². The minimum Gasteiger partial charge on any atom is -0.399 e. The zero-order valence-electron chi connectivity index (χ0n) is 13.4. The summed E-state index contributed by atoms with van der Waals surface area (Å²) in [6.45, 7) is 10.6. The predicted molar refractivity (Wildman–Crippen MR) is 86.4 cm³/mol. The lowest BCUT2D eigenvalue weighted by atomic mass is 9.95. The molecule has 1 aromatic heterocycles. The van der Waals surface area contributed by atoms with Gasteiger partial charge in [-0.25, -0.2) is 4.98 Å². The van der Waals surface area contributed by atoms with E-state index in [1.165, 1.54) is 5.52 Å². The number of anilines is 1. The molecule has 4 nitrogen and oxygen atoms in total. The van der Waals surface area contributed by atoms with Crippen LogP contribution in [-0.2, 0) is 16.7 Å². The van der Waals surface area contributed by atoms with Gasteiger partial charge in [-0.05, 0) is 31.5 Å². The van der Waals surface area contributed by atoms with Gasteiger partial charge in [0.1, 0.15) is 5.82 Å². The van der Waals surface area contributed by atoms with Crippen molar-refractivity contribution in [3.63, 3.8) is 0 Å². The molecule has 114 valence electrons. The third-order valence-corrected chi connectivity index (χ3v) is 4.39. The van der Waals surface area contributed by atoms with Crippen LogP contribution in [0.1, 0.15) is 39.9 Å². The number of hydrogen-bond donors (Lipinski definition) is 1. The van der Waals surface area contributed by atoms with Crippen LogP contribution in [0.5, 0.6) is 0 Å². The molecule has 0 bridgehead atoms. The van der Waals surface area contributed by atoms with E-state index in [1.807, 2.05) is 12.1 Å². The molecule has 0 saturated carbocycles. The van der Waals surface area contributed by atoms with Crippen LogP contribution in [0.2, 0.25) is 0 Å². The lowest BCUT2D eigenvalue weighted by molar-refractivity contribution is 0.101. The molecule has 1 saturated heterocycles. The van der Waals surface area contributed by atoms with Gasteiger partial charge in [0.25, 0.3) is 0 Å². The number of fused-ring (bicyclic) bond motifs is 1. The van der Waals surface area contributed by atoms with E-state index < -0.39 is 0 Å². The zero-order chi connectivity index (χ0) is 15.2. The monoisotopic (exact) mass is 287 g/mol. The first-order chi connectivity index (χ1) is 9.86.